The first-order valence-electron chi connectivity index (χ1n) is 9.06. The number of carbonyl (C=O) groups is 1. The molecule has 1 amide bonds. The number of unbranched alkanes of at least 4 members (excludes halogenated alkanes) is 1. The largest absolute Gasteiger partial charge is 0.366 e. The molecule has 2 N–H and O–H groups in total. The molecular weight excluding hydrogens is 358 g/mol. The topological polar surface area (TPSA) is 104 Å². The molecule has 0 unspecified atom stereocenters. The van der Waals surface area contributed by atoms with Gasteiger partial charge in [0, 0.05) is 12.1 Å². The summed E-state index contributed by atoms with van der Waals surface area (Å²) in [6.07, 6.45) is 1.80. The first kappa shape index (κ1) is 17.7. The normalized spacial score (nSPS) is 11.3. The zero-order valence-electron chi connectivity index (χ0n) is 15.3. The Labute approximate surface area is 159 Å². The maximum atomic E-state index is 13.3. The molecule has 0 bridgehead atoms. The zero-order chi connectivity index (χ0) is 19.8. The van der Waals surface area contributed by atoms with Crippen LogP contribution in [0.1, 0.15) is 30.1 Å². The van der Waals surface area contributed by atoms with Crippen LogP contribution in [0.2, 0.25) is 0 Å². The van der Waals surface area contributed by atoms with Gasteiger partial charge in [0.05, 0.1) is 16.7 Å². The van der Waals surface area contributed by atoms with Crippen LogP contribution >= 0.6 is 0 Å². The summed E-state index contributed by atoms with van der Waals surface area (Å²) in [5, 5.41) is 0. The number of amides is 1. The van der Waals surface area contributed by atoms with Crippen LogP contribution in [-0.2, 0) is 6.54 Å². The third-order valence-electron chi connectivity index (χ3n) is 4.75. The molecule has 0 atom stereocenters. The number of hydrogen-bond acceptors (Lipinski definition) is 4. The number of carbonyl (C=O) groups excluding carboxylic acids is 1. The number of primary amides is 1. The number of nitrogens with zero attached hydrogens (tertiary/aromatic N) is 4. The summed E-state index contributed by atoms with van der Waals surface area (Å²) in [7, 11) is 0. The van der Waals surface area contributed by atoms with Gasteiger partial charge in [0.1, 0.15) is 0 Å². The van der Waals surface area contributed by atoms with Crippen molar-refractivity contribution in [3.8, 4) is 5.69 Å². The molecule has 2 aromatic carbocycles. The van der Waals surface area contributed by atoms with Gasteiger partial charge in [0.2, 0.25) is 11.7 Å². The van der Waals surface area contributed by atoms with Crippen molar-refractivity contribution in [3.63, 3.8) is 0 Å². The number of hydrogen-bond donors (Lipinski definition) is 1. The summed E-state index contributed by atoms with van der Waals surface area (Å²) in [5.74, 6) is -0.332. The van der Waals surface area contributed by atoms with Crippen LogP contribution in [0, 0.1) is 0 Å². The molecule has 0 spiro atoms. The van der Waals surface area contributed by atoms with E-state index in [2.05, 4.69) is 11.9 Å². The van der Waals surface area contributed by atoms with Gasteiger partial charge >= 0.3 is 11.4 Å². The number of aromatic nitrogens is 4. The number of rotatable bonds is 5. The molecule has 0 aliphatic heterocycles. The van der Waals surface area contributed by atoms with Gasteiger partial charge in [-0.15, -0.1) is 0 Å². The smallest absolute Gasteiger partial charge is 0.359 e. The van der Waals surface area contributed by atoms with Gasteiger partial charge in [-0.05, 0) is 36.8 Å². The molecule has 8 heteroatoms. The van der Waals surface area contributed by atoms with Gasteiger partial charge in [0.15, 0.2) is 0 Å². The van der Waals surface area contributed by atoms with Gasteiger partial charge in [0.25, 0.3) is 0 Å². The summed E-state index contributed by atoms with van der Waals surface area (Å²) in [5.41, 5.74) is 6.15. The lowest BCUT2D eigenvalue weighted by atomic mass is 10.2. The lowest BCUT2D eigenvalue weighted by molar-refractivity contribution is 0.100. The van der Waals surface area contributed by atoms with Crippen molar-refractivity contribution in [2.45, 2.75) is 26.3 Å². The van der Waals surface area contributed by atoms with Crippen LogP contribution in [-0.4, -0.2) is 24.4 Å². The first-order chi connectivity index (χ1) is 13.5. The summed E-state index contributed by atoms with van der Waals surface area (Å²) in [4.78, 5) is 41.8. The van der Waals surface area contributed by atoms with Crippen LogP contribution in [0.3, 0.4) is 0 Å². The number of imidazole rings is 1. The third kappa shape index (κ3) is 2.70. The summed E-state index contributed by atoms with van der Waals surface area (Å²) >= 11 is 0. The molecule has 142 valence electrons. The van der Waals surface area contributed by atoms with E-state index in [0.717, 1.165) is 17.4 Å². The lowest BCUT2D eigenvalue weighted by Gasteiger charge is -2.06. The predicted molar refractivity (Wildman–Crippen MR) is 106 cm³/mol. The monoisotopic (exact) mass is 377 g/mol. The van der Waals surface area contributed by atoms with Crippen LogP contribution in [0.25, 0.3) is 22.5 Å². The molecule has 4 aromatic rings. The highest BCUT2D eigenvalue weighted by atomic mass is 16.2. The second kappa shape index (κ2) is 6.80. The maximum absolute atomic E-state index is 13.3. The number of para-hydroxylation sites is 1. The van der Waals surface area contributed by atoms with E-state index >= 15 is 0 Å². The molecule has 4 rings (SSSR count). The van der Waals surface area contributed by atoms with Crippen LogP contribution in [0.5, 0.6) is 0 Å². The molecule has 0 aliphatic carbocycles. The van der Waals surface area contributed by atoms with E-state index in [4.69, 9.17) is 5.73 Å². The highest BCUT2D eigenvalue weighted by Gasteiger charge is 2.19. The van der Waals surface area contributed by atoms with Gasteiger partial charge in [-0.2, -0.15) is 4.98 Å². The van der Waals surface area contributed by atoms with Crippen LogP contribution in [0.4, 0.5) is 0 Å². The maximum Gasteiger partial charge on any atom is 0.359 e. The molecule has 0 aliphatic rings. The van der Waals surface area contributed by atoms with Gasteiger partial charge < -0.3 is 10.3 Å². The molecular formula is C20H19N5O3. The number of nitrogens with two attached hydrogens (primary N) is 1. The fraction of sp³-hybridized carbons (Fsp3) is 0.200. The van der Waals surface area contributed by atoms with Crippen molar-refractivity contribution in [2.24, 2.45) is 5.73 Å². The average molecular weight is 377 g/mol. The van der Waals surface area contributed by atoms with Crippen molar-refractivity contribution in [3.05, 3.63) is 75.1 Å². The molecule has 0 radical (unpaired) electrons. The molecule has 0 fully saturated rings. The molecule has 0 saturated heterocycles. The van der Waals surface area contributed by atoms with E-state index < -0.39 is 17.3 Å². The SMILES string of the molecule is CCCCn1c2ccc(C(N)=O)cc2n2c(=O)n(-c3ccccc3)c(=O)nc12. The Bertz CT molecular complexity index is 1320. The van der Waals surface area contributed by atoms with Crippen molar-refractivity contribution in [1.29, 1.82) is 0 Å². The van der Waals surface area contributed by atoms with Gasteiger partial charge in [-0.1, -0.05) is 31.5 Å². The number of aryl methyl sites for hydroxylation is 1. The van der Waals surface area contributed by atoms with E-state index in [-0.39, 0.29) is 11.3 Å². The van der Waals surface area contributed by atoms with E-state index in [1.54, 1.807) is 48.5 Å². The lowest BCUT2D eigenvalue weighted by Crippen LogP contribution is -2.38. The second-order valence-electron chi connectivity index (χ2n) is 6.56. The Kier molecular flexibility index (Phi) is 4.31. The summed E-state index contributed by atoms with van der Waals surface area (Å²) in [6.45, 7) is 2.65. The average Bonchev–Trinajstić information content (AvgIpc) is 2.99. The summed E-state index contributed by atoms with van der Waals surface area (Å²) in [6, 6.07) is 13.5. The zero-order valence-corrected chi connectivity index (χ0v) is 15.3. The number of fused-ring (bicyclic) bond motifs is 3. The fourth-order valence-electron chi connectivity index (χ4n) is 3.37. The summed E-state index contributed by atoms with van der Waals surface area (Å²) < 4.78 is 4.22. The van der Waals surface area contributed by atoms with E-state index in [1.807, 2.05) is 4.57 Å². The predicted octanol–water partition coefficient (Wildman–Crippen LogP) is 1.70. The minimum atomic E-state index is -0.646. The Hall–Kier alpha value is -3.68. The van der Waals surface area contributed by atoms with Gasteiger partial charge in [-0.3, -0.25) is 4.79 Å². The minimum absolute atomic E-state index is 0.257. The highest BCUT2D eigenvalue weighted by molar-refractivity contribution is 5.97. The van der Waals surface area contributed by atoms with E-state index in [0.29, 0.717) is 23.3 Å². The number of benzene rings is 2. The van der Waals surface area contributed by atoms with E-state index in [1.165, 1.54) is 4.40 Å². The fourth-order valence-corrected chi connectivity index (χ4v) is 3.37. The molecule has 28 heavy (non-hydrogen) atoms. The third-order valence-corrected chi connectivity index (χ3v) is 4.75. The Balaban J connectivity index is 2.15. The highest BCUT2D eigenvalue weighted by Crippen LogP contribution is 2.20. The molecule has 2 aromatic heterocycles. The van der Waals surface area contributed by atoms with Crippen LogP contribution in [0.15, 0.2) is 58.1 Å². The minimum Gasteiger partial charge on any atom is -0.366 e. The van der Waals surface area contributed by atoms with Gasteiger partial charge in [-0.25, -0.2) is 18.6 Å². The first-order valence-corrected chi connectivity index (χ1v) is 9.06. The molecule has 0 saturated carbocycles. The Morgan fingerprint density at radius 2 is 1.82 bits per heavy atom. The Morgan fingerprint density at radius 1 is 1.07 bits per heavy atom. The Morgan fingerprint density at radius 3 is 2.50 bits per heavy atom. The van der Waals surface area contributed by atoms with Crippen molar-refractivity contribution >= 4 is 22.7 Å². The standard InChI is InChI=1S/C20H19N5O3/c1-2-3-11-23-15-10-9-13(17(21)26)12-16(15)25-18(23)22-19(27)24(20(25)28)14-7-5-4-6-8-14/h4-10,12H,2-3,11H2,1H3,(H2,21,26). The quantitative estimate of drug-likeness (QED) is 0.571. The molecule has 2 heterocycles. The van der Waals surface area contributed by atoms with Crippen molar-refractivity contribution in [2.75, 3.05) is 0 Å². The van der Waals surface area contributed by atoms with Crippen molar-refractivity contribution < 1.29 is 4.79 Å². The van der Waals surface area contributed by atoms with Crippen LogP contribution < -0.4 is 17.1 Å². The molecule has 8 nitrogen and oxygen atoms in total. The van der Waals surface area contributed by atoms with E-state index in [9.17, 15) is 14.4 Å². The van der Waals surface area contributed by atoms with Crippen molar-refractivity contribution in [1.82, 2.24) is 18.5 Å². The second-order valence-corrected chi connectivity index (χ2v) is 6.56.